The smallest absolute Gasteiger partial charge is 0.191 e. The van der Waals surface area contributed by atoms with E-state index in [4.69, 9.17) is 0 Å². The highest BCUT2D eigenvalue weighted by molar-refractivity contribution is 7.86. The predicted molar refractivity (Wildman–Crippen MR) is 109 cm³/mol. The summed E-state index contributed by atoms with van der Waals surface area (Å²) in [6.45, 7) is 11.5. The maximum atomic E-state index is 12.1. The summed E-state index contributed by atoms with van der Waals surface area (Å²) >= 11 is 0. The van der Waals surface area contributed by atoms with Crippen LogP contribution in [0, 0.1) is 0 Å². The van der Waals surface area contributed by atoms with Gasteiger partial charge in [-0.15, -0.1) is 0 Å². The van der Waals surface area contributed by atoms with Crippen molar-refractivity contribution in [1.29, 1.82) is 0 Å². The molecule has 2 rings (SSSR count). The first-order chi connectivity index (χ1) is 11.9. The monoisotopic (exact) mass is 364 g/mol. The molecule has 25 heavy (non-hydrogen) atoms. The maximum Gasteiger partial charge on any atom is 0.191 e. The second kappa shape index (κ2) is 9.22. The Morgan fingerprint density at radius 3 is 2.68 bits per heavy atom. The number of rotatable bonds is 6. The number of nitrogens with one attached hydrogen (secondary N) is 2. The quantitative estimate of drug-likeness (QED) is 0.601. The fourth-order valence-electron chi connectivity index (χ4n) is 2.81. The normalized spacial score (nSPS) is 19.8. The van der Waals surface area contributed by atoms with E-state index in [2.05, 4.69) is 51.7 Å². The van der Waals surface area contributed by atoms with Gasteiger partial charge >= 0.3 is 0 Å². The summed E-state index contributed by atoms with van der Waals surface area (Å²) in [5.74, 6) is 1.43. The number of para-hydroxylation sites is 1. The average Bonchev–Trinajstić information content (AvgIpc) is 3.03. The molecule has 1 aliphatic heterocycles. The third kappa shape index (κ3) is 6.34. The fraction of sp³-hybridized carbons (Fsp3) is 0.632. The van der Waals surface area contributed by atoms with Crippen molar-refractivity contribution in [2.45, 2.75) is 44.9 Å². The lowest BCUT2D eigenvalue weighted by Gasteiger charge is -2.20. The number of nitrogens with zero attached hydrogens (tertiary/aromatic N) is 2. The SMILES string of the molecule is CCNC(=NCCS(=O)C(C)(C)C)NC1CCN(c2ccccc2)C1. The number of hydrogen-bond donors (Lipinski definition) is 2. The highest BCUT2D eigenvalue weighted by Gasteiger charge is 2.23. The second-order valence-electron chi connectivity index (χ2n) is 7.33. The number of anilines is 1. The summed E-state index contributed by atoms with van der Waals surface area (Å²) in [7, 11) is -0.863. The van der Waals surface area contributed by atoms with Crippen LogP contribution in [0.5, 0.6) is 0 Å². The number of hydrogen-bond acceptors (Lipinski definition) is 3. The van der Waals surface area contributed by atoms with E-state index in [1.54, 1.807) is 0 Å². The Morgan fingerprint density at radius 1 is 1.32 bits per heavy atom. The van der Waals surface area contributed by atoms with Crippen LogP contribution >= 0.6 is 0 Å². The number of guanidine groups is 1. The lowest BCUT2D eigenvalue weighted by atomic mass is 10.3. The highest BCUT2D eigenvalue weighted by atomic mass is 32.2. The molecule has 1 aromatic rings. The molecule has 0 saturated carbocycles. The average molecular weight is 365 g/mol. The minimum atomic E-state index is -0.863. The Balaban J connectivity index is 1.87. The van der Waals surface area contributed by atoms with Crippen molar-refractivity contribution in [1.82, 2.24) is 10.6 Å². The molecule has 2 atom stereocenters. The molecule has 0 aliphatic carbocycles. The van der Waals surface area contributed by atoms with E-state index in [0.717, 1.165) is 32.0 Å². The Bertz CT molecular complexity index is 583. The van der Waals surface area contributed by atoms with Crippen LogP contribution in [0.2, 0.25) is 0 Å². The van der Waals surface area contributed by atoms with E-state index >= 15 is 0 Å². The van der Waals surface area contributed by atoms with Gasteiger partial charge in [0.2, 0.25) is 0 Å². The third-order valence-corrected chi connectivity index (χ3v) is 6.14. The zero-order valence-electron chi connectivity index (χ0n) is 15.9. The van der Waals surface area contributed by atoms with Gasteiger partial charge < -0.3 is 15.5 Å². The van der Waals surface area contributed by atoms with Gasteiger partial charge in [-0.1, -0.05) is 18.2 Å². The molecule has 0 spiro atoms. The maximum absolute atomic E-state index is 12.1. The Kier molecular flexibility index (Phi) is 7.29. The molecule has 6 heteroatoms. The largest absolute Gasteiger partial charge is 0.369 e. The van der Waals surface area contributed by atoms with Gasteiger partial charge in [0.25, 0.3) is 0 Å². The third-order valence-electron chi connectivity index (χ3n) is 4.22. The summed E-state index contributed by atoms with van der Waals surface area (Å²) in [5, 5.41) is 6.83. The van der Waals surface area contributed by atoms with Crippen molar-refractivity contribution < 1.29 is 4.21 Å². The molecule has 0 amide bonds. The van der Waals surface area contributed by atoms with E-state index in [-0.39, 0.29) is 4.75 Å². The topological polar surface area (TPSA) is 56.7 Å². The molecule has 0 bridgehead atoms. The van der Waals surface area contributed by atoms with Crippen LogP contribution < -0.4 is 15.5 Å². The molecule has 0 aromatic heterocycles. The van der Waals surface area contributed by atoms with Crippen molar-refractivity contribution in [2.24, 2.45) is 4.99 Å². The van der Waals surface area contributed by atoms with Crippen LogP contribution in [-0.2, 0) is 10.8 Å². The molecule has 5 nitrogen and oxygen atoms in total. The van der Waals surface area contributed by atoms with Gasteiger partial charge in [-0.3, -0.25) is 9.20 Å². The summed E-state index contributed by atoms with van der Waals surface area (Å²) in [6, 6.07) is 10.9. The fourth-order valence-corrected chi connectivity index (χ4v) is 3.68. The minimum absolute atomic E-state index is 0.178. The van der Waals surface area contributed by atoms with Gasteiger partial charge in [0.05, 0.1) is 6.54 Å². The zero-order valence-corrected chi connectivity index (χ0v) is 16.7. The van der Waals surface area contributed by atoms with Gasteiger partial charge in [0.1, 0.15) is 0 Å². The van der Waals surface area contributed by atoms with Crippen molar-refractivity contribution in [3.8, 4) is 0 Å². The van der Waals surface area contributed by atoms with Gasteiger partial charge in [-0.25, -0.2) is 0 Å². The molecule has 0 radical (unpaired) electrons. The number of aliphatic imine (C=N–C) groups is 1. The van der Waals surface area contributed by atoms with E-state index < -0.39 is 10.8 Å². The van der Waals surface area contributed by atoms with Gasteiger partial charge in [0.15, 0.2) is 5.96 Å². The van der Waals surface area contributed by atoms with Crippen molar-refractivity contribution in [2.75, 3.05) is 36.8 Å². The van der Waals surface area contributed by atoms with E-state index in [1.807, 2.05) is 26.8 Å². The molecule has 1 saturated heterocycles. The van der Waals surface area contributed by atoms with Crippen LogP contribution in [0.25, 0.3) is 0 Å². The molecular weight excluding hydrogens is 332 g/mol. The number of benzene rings is 1. The van der Waals surface area contributed by atoms with Gasteiger partial charge in [-0.2, -0.15) is 0 Å². The Morgan fingerprint density at radius 2 is 2.04 bits per heavy atom. The lowest BCUT2D eigenvalue weighted by molar-refractivity contribution is 0.644. The summed E-state index contributed by atoms with van der Waals surface area (Å²) in [5.41, 5.74) is 1.27. The minimum Gasteiger partial charge on any atom is -0.369 e. The molecule has 1 aliphatic rings. The van der Waals surface area contributed by atoms with Gasteiger partial charge in [0, 0.05) is 52.7 Å². The Hall–Kier alpha value is -1.56. The van der Waals surface area contributed by atoms with Crippen molar-refractivity contribution >= 4 is 22.4 Å². The second-order valence-corrected chi connectivity index (χ2v) is 9.66. The highest BCUT2D eigenvalue weighted by Crippen LogP contribution is 2.19. The lowest BCUT2D eigenvalue weighted by Crippen LogP contribution is -2.44. The van der Waals surface area contributed by atoms with Crippen LogP contribution in [0.1, 0.15) is 34.1 Å². The van der Waals surface area contributed by atoms with E-state index in [0.29, 0.717) is 18.3 Å². The summed E-state index contributed by atoms with van der Waals surface area (Å²) in [6.07, 6.45) is 1.09. The molecule has 2 unspecified atom stereocenters. The first-order valence-corrected chi connectivity index (χ1v) is 10.5. The zero-order chi connectivity index (χ0) is 18.3. The summed E-state index contributed by atoms with van der Waals surface area (Å²) in [4.78, 5) is 7.01. The van der Waals surface area contributed by atoms with Crippen LogP contribution in [0.3, 0.4) is 0 Å². The molecule has 1 heterocycles. The molecular formula is C19H32N4OS. The Labute approximate surface area is 154 Å². The first kappa shape index (κ1) is 19.8. The van der Waals surface area contributed by atoms with Crippen molar-refractivity contribution in [3.05, 3.63) is 30.3 Å². The molecule has 2 N–H and O–H groups in total. The van der Waals surface area contributed by atoms with E-state index in [1.165, 1.54) is 5.69 Å². The van der Waals surface area contributed by atoms with Crippen molar-refractivity contribution in [3.63, 3.8) is 0 Å². The van der Waals surface area contributed by atoms with Crippen LogP contribution in [-0.4, -0.2) is 52.9 Å². The predicted octanol–water partition coefficient (Wildman–Crippen LogP) is 2.37. The standard InChI is InChI=1S/C19H32N4OS/c1-5-20-18(21-12-14-25(24)19(2,3)4)22-16-11-13-23(15-16)17-9-7-6-8-10-17/h6-10,16H,5,11-15H2,1-4H3,(H2,20,21,22). The van der Waals surface area contributed by atoms with Gasteiger partial charge in [-0.05, 0) is 46.2 Å². The molecule has 1 fully saturated rings. The molecule has 1 aromatic carbocycles. The van der Waals surface area contributed by atoms with Crippen LogP contribution in [0.4, 0.5) is 5.69 Å². The molecule has 140 valence electrons. The van der Waals surface area contributed by atoms with Crippen LogP contribution in [0.15, 0.2) is 35.3 Å². The van der Waals surface area contributed by atoms with E-state index in [9.17, 15) is 4.21 Å². The first-order valence-electron chi connectivity index (χ1n) is 9.13. The summed E-state index contributed by atoms with van der Waals surface area (Å²) < 4.78 is 12.0.